The van der Waals surface area contributed by atoms with Crippen molar-refractivity contribution >= 4 is 5.78 Å². The summed E-state index contributed by atoms with van der Waals surface area (Å²) in [4.78, 5) is 19.5. The quantitative estimate of drug-likeness (QED) is 0.625. The highest BCUT2D eigenvalue weighted by Gasteiger charge is 2.26. The topological polar surface area (TPSA) is 52.1 Å². The Bertz CT molecular complexity index is 294. The smallest absolute Gasteiger partial charge is 0.205 e. The van der Waals surface area contributed by atoms with Crippen molar-refractivity contribution in [1.82, 2.24) is 9.97 Å². The molecular weight excluding hydrogens is 168 g/mol. The second kappa shape index (κ2) is 3.62. The van der Waals surface area contributed by atoms with E-state index in [1.165, 1.54) is 0 Å². The summed E-state index contributed by atoms with van der Waals surface area (Å²) >= 11 is 0. The monoisotopic (exact) mass is 178 g/mol. The lowest BCUT2D eigenvalue weighted by atomic mass is 10.0. The summed E-state index contributed by atoms with van der Waals surface area (Å²) in [6.07, 6.45) is 3.95. The summed E-state index contributed by atoms with van der Waals surface area (Å²) in [6.45, 7) is 1.18. The third-order valence-electron chi connectivity index (χ3n) is 2.09. The minimum absolute atomic E-state index is 0.00176. The van der Waals surface area contributed by atoms with Gasteiger partial charge in [0.15, 0.2) is 5.82 Å². The minimum atomic E-state index is -0.0394. The highest BCUT2D eigenvalue weighted by molar-refractivity contribution is 5.94. The average Bonchev–Trinajstić information content (AvgIpc) is 2.71. The van der Waals surface area contributed by atoms with Gasteiger partial charge in [0.2, 0.25) is 5.78 Å². The molecule has 0 aromatic carbocycles. The molecule has 0 amide bonds. The Kier molecular flexibility index (Phi) is 2.31. The fourth-order valence-electron chi connectivity index (χ4n) is 1.35. The van der Waals surface area contributed by atoms with E-state index in [2.05, 4.69) is 9.97 Å². The molecule has 1 aromatic heterocycles. The van der Waals surface area contributed by atoms with Gasteiger partial charge in [0, 0.05) is 19.0 Å². The second-order valence-electron chi connectivity index (χ2n) is 3.00. The molecule has 68 valence electrons. The van der Waals surface area contributed by atoms with Crippen LogP contribution in [0, 0.1) is 5.92 Å². The summed E-state index contributed by atoms with van der Waals surface area (Å²) in [5, 5.41) is 0. The molecule has 0 bridgehead atoms. The van der Waals surface area contributed by atoms with Crippen molar-refractivity contribution < 1.29 is 9.53 Å². The fraction of sp³-hybridized carbons (Fsp3) is 0.444. The van der Waals surface area contributed by atoms with Crippen molar-refractivity contribution in [1.29, 1.82) is 0 Å². The van der Waals surface area contributed by atoms with Crippen LogP contribution in [0.3, 0.4) is 0 Å². The maximum absolute atomic E-state index is 11.6. The molecule has 0 radical (unpaired) electrons. The summed E-state index contributed by atoms with van der Waals surface area (Å²) in [6, 6.07) is 1.70. The summed E-state index contributed by atoms with van der Waals surface area (Å²) in [7, 11) is 0. The first kappa shape index (κ1) is 8.31. The number of aromatic nitrogens is 2. The Labute approximate surface area is 76.0 Å². The third-order valence-corrected chi connectivity index (χ3v) is 2.09. The molecule has 0 aliphatic carbocycles. The molecule has 2 heterocycles. The number of ketones is 1. The highest BCUT2D eigenvalue weighted by Crippen LogP contribution is 2.15. The minimum Gasteiger partial charge on any atom is -0.381 e. The molecule has 2 rings (SSSR count). The molecular formula is C9H10N2O2. The number of nitrogens with zero attached hydrogens (tertiary/aromatic N) is 2. The van der Waals surface area contributed by atoms with Crippen LogP contribution in [-0.4, -0.2) is 29.0 Å². The van der Waals surface area contributed by atoms with Gasteiger partial charge in [-0.05, 0) is 12.5 Å². The lowest BCUT2D eigenvalue weighted by Gasteiger charge is -2.03. The Morgan fingerprint density at radius 2 is 2.23 bits per heavy atom. The maximum atomic E-state index is 11.6. The van der Waals surface area contributed by atoms with Gasteiger partial charge in [-0.1, -0.05) is 0 Å². The zero-order valence-electron chi connectivity index (χ0n) is 7.14. The van der Waals surface area contributed by atoms with Crippen molar-refractivity contribution in [3.63, 3.8) is 0 Å². The van der Waals surface area contributed by atoms with Gasteiger partial charge in [0.05, 0.1) is 12.5 Å². The largest absolute Gasteiger partial charge is 0.381 e. The summed E-state index contributed by atoms with van der Waals surface area (Å²) in [5.74, 6) is 0.263. The average molecular weight is 178 g/mol. The molecule has 1 unspecified atom stereocenters. The van der Waals surface area contributed by atoms with E-state index < -0.39 is 0 Å². The van der Waals surface area contributed by atoms with Crippen LogP contribution >= 0.6 is 0 Å². The molecule has 1 aromatic rings. The van der Waals surface area contributed by atoms with E-state index in [9.17, 15) is 4.79 Å². The number of carbonyl (C=O) groups excluding carboxylic acids is 1. The summed E-state index contributed by atoms with van der Waals surface area (Å²) in [5.41, 5.74) is 0. The van der Waals surface area contributed by atoms with E-state index in [-0.39, 0.29) is 11.7 Å². The van der Waals surface area contributed by atoms with Gasteiger partial charge in [0.25, 0.3) is 0 Å². The SMILES string of the molecule is O=C(c1ncccn1)C1CCOC1. The van der Waals surface area contributed by atoms with Crippen molar-refractivity contribution in [3.05, 3.63) is 24.3 Å². The van der Waals surface area contributed by atoms with Crippen LogP contribution in [0.5, 0.6) is 0 Å². The Morgan fingerprint density at radius 1 is 1.46 bits per heavy atom. The molecule has 13 heavy (non-hydrogen) atoms. The molecule has 1 aliphatic heterocycles. The predicted octanol–water partition coefficient (Wildman–Crippen LogP) is 0.696. The number of hydrogen-bond donors (Lipinski definition) is 0. The van der Waals surface area contributed by atoms with Gasteiger partial charge < -0.3 is 4.74 Å². The second-order valence-corrected chi connectivity index (χ2v) is 3.00. The Morgan fingerprint density at radius 3 is 2.85 bits per heavy atom. The Hall–Kier alpha value is -1.29. The molecule has 1 atom stereocenters. The molecule has 4 nitrogen and oxygen atoms in total. The van der Waals surface area contributed by atoms with Gasteiger partial charge in [-0.15, -0.1) is 0 Å². The molecule has 0 saturated carbocycles. The Balaban J connectivity index is 2.13. The lowest BCUT2D eigenvalue weighted by molar-refractivity contribution is 0.0889. The normalized spacial score (nSPS) is 21.7. The van der Waals surface area contributed by atoms with Gasteiger partial charge in [0.1, 0.15) is 0 Å². The third kappa shape index (κ3) is 1.72. The van der Waals surface area contributed by atoms with Crippen LogP contribution < -0.4 is 0 Å². The molecule has 0 spiro atoms. The van der Waals surface area contributed by atoms with Gasteiger partial charge in [-0.2, -0.15) is 0 Å². The first-order valence-corrected chi connectivity index (χ1v) is 4.27. The van der Waals surface area contributed by atoms with Crippen LogP contribution in [0.4, 0.5) is 0 Å². The zero-order chi connectivity index (χ0) is 9.10. The standard InChI is InChI=1S/C9H10N2O2/c12-8(7-2-5-13-6-7)9-10-3-1-4-11-9/h1,3-4,7H,2,5-6H2. The zero-order valence-corrected chi connectivity index (χ0v) is 7.14. The number of carbonyl (C=O) groups is 1. The predicted molar refractivity (Wildman–Crippen MR) is 45.3 cm³/mol. The van der Waals surface area contributed by atoms with Crippen LogP contribution in [-0.2, 0) is 4.74 Å². The van der Waals surface area contributed by atoms with Crippen LogP contribution in [0.25, 0.3) is 0 Å². The number of ether oxygens (including phenoxy) is 1. The maximum Gasteiger partial charge on any atom is 0.205 e. The highest BCUT2D eigenvalue weighted by atomic mass is 16.5. The van der Waals surface area contributed by atoms with Crippen LogP contribution in [0.2, 0.25) is 0 Å². The first-order chi connectivity index (χ1) is 6.38. The molecule has 1 aliphatic rings. The van der Waals surface area contributed by atoms with Crippen molar-refractivity contribution in [2.24, 2.45) is 5.92 Å². The van der Waals surface area contributed by atoms with E-state index in [4.69, 9.17) is 4.74 Å². The molecule has 1 fully saturated rings. The lowest BCUT2D eigenvalue weighted by Crippen LogP contribution is -2.17. The number of rotatable bonds is 2. The first-order valence-electron chi connectivity index (χ1n) is 4.27. The van der Waals surface area contributed by atoms with E-state index in [1.54, 1.807) is 18.5 Å². The van der Waals surface area contributed by atoms with E-state index in [0.29, 0.717) is 19.0 Å². The fourth-order valence-corrected chi connectivity index (χ4v) is 1.35. The number of hydrogen-bond acceptors (Lipinski definition) is 4. The van der Waals surface area contributed by atoms with Gasteiger partial charge in [-0.3, -0.25) is 4.79 Å². The number of Topliss-reactive ketones (excluding diaryl/α,β-unsaturated/α-hetero) is 1. The van der Waals surface area contributed by atoms with Gasteiger partial charge in [-0.25, -0.2) is 9.97 Å². The van der Waals surface area contributed by atoms with E-state index in [1.807, 2.05) is 0 Å². The van der Waals surface area contributed by atoms with Crippen molar-refractivity contribution in [3.8, 4) is 0 Å². The molecule has 0 N–H and O–H groups in total. The molecule has 1 saturated heterocycles. The summed E-state index contributed by atoms with van der Waals surface area (Å²) < 4.78 is 5.12. The van der Waals surface area contributed by atoms with Crippen LogP contribution in [0.1, 0.15) is 17.0 Å². The van der Waals surface area contributed by atoms with Gasteiger partial charge >= 0.3 is 0 Å². The van der Waals surface area contributed by atoms with E-state index >= 15 is 0 Å². The van der Waals surface area contributed by atoms with Crippen molar-refractivity contribution in [2.45, 2.75) is 6.42 Å². The van der Waals surface area contributed by atoms with E-state index in [0.717, 1.165) is 6.42 Å². The van der Waals surface area contributed by atoms with Crippen molar-refractivity contribution in [2.75, 3.05) is 13.2 Å². The molecule has 4 heteroatoms. The van der Waals surface area contributed by atoms with Crippen LogP contribution in [0.15, 0.2) is 18.5 Å².